The van der Waals surface area contributed by atoms with Crippen LogP contribution in [0.25, 0.3) is 0 Å². The zero-order valence-electron chi connectivity index (χ0n) is 15.1. The van der Waals surface area contributed by atoms with Gasteiger partial charge in [-0.05, 0) is 36.8 Å². The van der Waals surface area contributed by atoms with Crippen molar-refractivity contribution in [3.63, 3.8) is 0 Å². The largest absolute Gasteiger partial charge is 0.493 e. The summed E-state index contributed by atoms with van der Waals surface area (Å²) in [7, 11) is 1.51. The average Bonchev–Trinajstić information content (AvgIpc) is 2.97. The summed E-state index contributed by atoms with van der Waals surface area (Å²) in [4.78, 5) is 12.2. The molecule has 2 aromatic carbocycles. The summed E-state index contributed by atoms with van der Waals surface area (Å²) in [6.45, 7) is 1.98. The summed E-state index contributed by atoms with van der Waals surface area (Å²) in [6, 6.07) is 8.08. The van der Waals surface area contributed by atoms with Crippen molar-refractivity contribution in [2.75, 3.05) is 20.3 Å². The maximum absolute atomic E-state index is 13.7. The van der Waals surface area contributed by atoms with E-state index in [9.17, 15) is 9.18 Å². The number of methoxy groups -OCH3 is 1. The summed E-state index contributed by atoms with van der Waals surface area (Å²) < 4.78 is 25.3. The van der Waals surface area contributed by atoms with E-state index >= 15 is 0 Å². The Labute approximate surface area is 162 Å². The van der Waals surface area contributed by atoms with Crippen LogP contribution in [0, 0.1) is 5.82 Å². The Balaban J connectivity index is 1.85. The molecule has 27 heavy (non-hydrogen) atoms. The van der Waals surface area contributed by atoms with Crippen molar-refractivity contribution in [1.82, 2.24) is 5.32 Å². The lowest BCUT2D eigenvalue weighted by Crippen LogP contribution is -2.33. The Bertz CT molecular complexity index is 873. The summed E-state index contributed by atoms with van der Waals surface area (Å²) in [5.41, 5.74) is 1.45. The molecule has 1 aliphatic heterocycles. The molecule has 1 amide bonds. The molecular formula is C20H21ClFNO4. The van der Waals surface area contributed by atoms with E-state index in [-0.39, 0.29) is 24.1 Å². The highest BCUT2D eigenvalue weighted by molar-refractivity contribution is 6.30. The Kier molecular flexibility index (Phi) is 5.58. The van der Waals surface area contributed by atoms with Crippen molar-refractivity contribution in [1.29, 1.82) is 0 Å². The molecule has 2 N–H and O–H groups in total. The fourth-order valence-corrected chi connectivity index (χ4v) is 3.44. The van der Waals surface area contributed by atoms with Gasteiger partial charge in [-0.25, -0.2) is 4.39 Å². The third kappa shape index (κ3) is 4.17. The summed E-state index contributed by atoms with van der Waals surface area (Å²) >= 11 is 5.75. The van der Waals surface area contributed by atoms with Gasteiger partial charge in [-0.15, -0.1) is 0 Å². The quantitative estimate of drug-likeness (QED) is 0.791. The number of hydrogen-bond acceptors (Lipinski definition) is 4. The molecule has 1 atom stereocenters. The number of hydrogen-bond donors (Lipinski definition) is 2. The summed E-state index contributed by atoms with van der Waals surface area (Å²) in [5, 5.41) is 11.6. The molecule has 2 aromatic rings. The Morgan fingerprint density at radius 2 is 2.19 bits per heavy atom. The number of rotatable bonds is 6. The van der Waals surface area contributed by atoms with E-state index in [1.807, 2.05) is 6.92 Å². The molecule has 0 aromatic heterocycles. The number of carbonyl (C=O) groups excluding carboxylic acids is 1. The first-order valence-corrected chi connectivity index (χ1v) is 8.96. The van der Waals surface area contributed by atoms with Crippen molar-refractivity contribution < 1.29 is 23.8 Å². The Morgan fingerprint density at radius 3 is 2.85 bits per heavy atom. The first-order valence-electron chi connectivity index (χ1n) is 8.58. The monoisotopic (exact) mass is 393 g/mol. The SMILES string of the molecule is COc1cc(C(=O)NCCO)cc2c1OC(C)(Cc1ccc(Cl)c(F)c1)C2. The van der Waals surface area contributed by atoms with Crippen LogP contribution in [0.15, 0.2) is 30.3 Å². The molecule has 1 unspecified atom stereocenters. The van der Waals surface area contributed by atoms with Crippen molar-refractivity contribution in [3.05, 3.63) is 57.9 Å². The van der Waals surface area contributed by atoms with Crippen LogP contribution in [0.3, 0.4) is 0 Å². The number of fused-ring (bicyclic) bond motifs is 1. The lowest BCUT2D eigenvalue weighted by Gasteiger charge is -2.24. The van der Waals surface area contributed by atoms with Gasteiger partial charge in [0.1, 0.15) is 11.4 Å². The van der Waals surface area contributed by atoms with Crippen molar-refractivity contribution in [2.45, 2.75) is 25.4 Å². The molecule has 144 valence electrons. The smallest absolute Gasteiger partial charge is 0.251 e. The topological polar surface area (TPSA) is 67.8 Å². The summed E-state index contributed by atoms with van der Waals surface area (Å²) in [6.07, 6.45) is 1.02. The van der Waals surface area contributed by atoms with Crippen LogP contribution in [0.2, 0.25) is 5.02 Å². The van der Waals surface area contributed by atoms with Crippen LogP contribution < -0.4 is 14.8 Å². The fraction of sp³-hybridized carbons (Fsp3) is 0.350. The standard InChI is InChI=1S/C20H21ClFNO4/c1-20(10-12-3-4-15(21)16(22)7-12)11-14-8-13(19(25)23-5-6-24)9-17(26-2)18(14)27-20/h3-4,7-9,24H,5-6,10-11H2,1-2H3,(H,23,25). The average molecular weight is 394 g/mol. The number of aliphatic hydroxyl groups excluding tert-OH is 1. The van der Waals surface area contributed by atoms with Gasteiger partial charge in [0, 0.05) is 30.5 Å². The normalized spacial score (nSPS) is 18.0. The highest BCUT2D eigenvalue weighted by Gasteiger charge is 2.37. The number of halogens is 2. The number of aliphatic hydroxyl groups is 1. The van der Waals surface area contributed by atoms with E-state index in [0.29, 0.717) is 29.9 Å². The third-order valence-corrected chi connectivity index (χ3v) is 4.79. The number of benzene rings is 2. The molecule has 0 saturated carbocycles. The molecular weight excluding hydrogens is 373 g/mol. The molecule has 5 nitrogen and oxygen atoms in total. The van der Waals surface area contributed by atoms with Gasteiger partial charge in [-0.2, -0.15) is 0 Å². The van der Waals surface area contributed by atoms with E-state index in [1.165, 1.54) is 19.2 Å². The maximum Gasteiger partial charge on any atom is 0.251 e. The molecule has 0 fully saturated rings. The molecule has 1 heterocycles. The zero-order valence-corrected chi connectivity index (χ0v) is 15.9. The fourth-order valence-electron chi connectivity index (χ4n) is 3.33. The second-order valence-corrected chi connectivity index (χ2v) is 7.21. The lowest BCUT2D eigenvalue weighted by molar-refractivity contribution is 0.0944. The molecule has 0 saturated heterocycles. The maximum atomic E-state index is 13.7. The minimum atomic E-state index is -0.601. The van der Waals surface area contributed by atoms with Crippen LogP contribution in [-0.2, 0) is 12.8 Å². The van der Waals surface area contributed by atoms with Crippen LogP contribution in [0.5, 0.6) is 11.5 Å². The first kappa shape index (κ1) is 19.5. The van der Waals surface area contributed by atoms with E-state index in [0.717, 1.165) is 11.1 Å². The number of nitrogens with one attached hydrogen (secondary N) is 1. The van der Waals surface area contributed by atoms with Crippen molar-refractivity contribution in [2.24, 2.45) is 0 Å². The number of ether oxygens (including phenoxy) is 2. The van der Waals surface area contributed by atoms with Gasteiger partial charge in [0.25, 0.3) is 5.91 Å². The third-order valence-electron chi connectivity index (χ3n) is 4.49. The first-order chi connectivity index (χ1) is 12.8. The van der Waals surface area contributed by atoms with E-state index in [1.54, 1.807) is 18.2 Å². The van der Waals surface area contributed by atoms with Gasteiger partial charge in [-0.1, -0.05) is 17.7 Å². The molecule has 1 aliphatic rings. The second kappa shape index (κ2) is 7.74. The lowest BCUT2D eigenvalue weighted by atomic mass is 9.91. The van der Waals surface area contributed by atoms with Crippen LogP contribution in [-0.4, -0.2) is 36.9 Å². The van der Waals surface area contributed by atoms with E-state index in [4.69, 9.17) is 26.2 Å². The number of amides is 1. The second-order valence-electron chi connectivity index (χ2n) is 6.80. The van der Waals surface area contributed by atoms with Gasteiger partial charge in [-0.3, -0.25) is 4.79 Å². The molecule has 3 rings (SSSR count). The molecule has 0 spiro atoms. The van der Waals surface area contributed by atoms with E-state index in [2.05, 4.69) is 5.32 Å². The molecule has 7 heteroatoms. The van der Waals surface area contributed by atoms with Gasteiger partial charge < -0.3 is 19.9 Å². The zero-order chi connectivity index (χ0) is 19.6. The van der Waals surface area contributed by atoms with Crippen LogP contribution in [0.1, 0.15) is 28.4 Å². The number of carbonyl (C=O) groups is 1. The van der Waals surface area contributed by atoms with Crippen molar-refractivity contribution in [3.8, 4) is 11.5 Å². The van der Waals surface area contributed by atoms with Crippen LogP contribution in [0.4, 0.5) is 4.39 Å². The highest BCUT2D eigenvalue weighted by Crippen LogP contribution is 2.44. The predicted octanol–water partition coefficient (Wildman–Crippen LogP) is 3.15. The summed E-state index contributed by atoms with van der Waals surface area (Å²) in [5.74, 6) is 0.299. The molecule has 0 aliphatic carbocycles. The minimum absolute atomic E-state index is 0.0831. The minimum Gasteiger partial charge on any atom is -0.493 e. The molecule has 0 bridgehead atoms. The predicted molar refractivity (Wildman–Crippen MR) is 100 cm³/mol. The Morgan fingerprint density at radius 1 is 1.41 bits per heavy atom. The Hall–Kier alpha value is -2.31. The van der Waals surface area contributed by atoms with Gasteiger partial charge in [0.2, 0.25) is 0 Å². The van der Waals surface area contributed by atoms with E-state index < -0.39 is 11.4 Å². The van der Waals surface area contributed by atoms with Crippen molar-refractivity contribution >= 4 is 17.5 Å². The van der Waals surface area contributed by atoms with Gasteiger partial charge >= 0.3 is 0 Å². The van der Waals surface area contributed by atoms with Crippen LogP contribution >= 0.6 is 11.6 Å². The highest BCUT2D eigenvalue weighted by atomic mass is 35.5. The van der Waals surface area contributed by atoms with Gasteiger partial charge in [0.15, 0.2) is 11.5 Å². The molecule has 0 radical (unpaired) electrons. The van der Waals surface area contributed by atoms with Gasteiger partial charge in [0.05, 0.1) is 18.7 Å².